The van der Waals surface area contributed by atoms with Crippen molar-refractivity contribution in [1.29, 1.82) is 0 Å². The van der Waals surface area contributed by atoms with Gasteiger partial charge in [-0.05, 0) is 32.5 Å². The van der Waals surface area contributed by atoms with Crippen LogP contribution in [0.15, 0.2) is 24.3 Å². The normalized spacial score (nSPS) is 10.8. The third kappa shape index (κ3) is 3.32. The number of rotatable bonds is 6. The van der Waals surface area contributed by atoms with Crippen LogP contribution in [0.4, 0.5) is 0 Å². The fraction of sp³-hybridized carbons (Fsp3) is 0.429. The lowest BCUT2D eigenvalue weighted by Crippen LogP contribution is -2.33. The van der Waals surface area contributed by atoms with E-state index < -0.39 is 0 Å². The van der Waals surface area contributed by atoms with Gasteiger partial charge in [0.15, 0.2) is 0 Å². The Hall–Kier alpha value is -1.88. The number of nitrogens with zero attached hydrogens (tertiary/aromatic N) is 2. The van der Waals surface area contributed by atoms with Crippen LogP contribution < -0.4 is 10.6 Å². The SMILES string of the molecule is CNCC(=O)NCCCn1c(C)nc2ccccc21. The second kappa shape index (κ2) is 6.33. The number of nitrogens with one attached hydrogen (secondary N) is 2. The topological polar surface area (TPSA) is 59.0 Å². The summed E-state index contributed by atoms with van der Waals surface area (Å²) in [4.78, 5) is 15.8. The molecule has 1 aromatic heterocycles. The number of amides is 1. The second-order valence-corrected chi connectivity index (χ2v) is 4.53. The van der Waals surface area contributed by atoms with Gasteiger partial charge in [0, 0.05) is 13.1 Å². The van der Waals surface area contributed by atoms with Crippen molar-refractivity contribution in [2.45, 2.75) is 19.9 Å². The molecule has 0 unspecified atom stereocenters. The number of likely N-dealkylation sites (N-methyl/N-ethyl adjacent to an activating group) is 1. The summed E-state index contributed by atoms with van der Waals surface area (Å²) < 4.78 is 2.19. The lowest BCUT2D eigenvalue weighted by Gasteiger charge is -2.08. The molecule has 5 nitrogen and oxygen atoms in total. The number of aromatic nitrogens is 2. The molecule has 0 atom stereocenters. The number of imidazole rings is 1. The molecule has 0 aliphatic rings. The fourth-order valence-corrected chi connectivity index (χ4v) is 2.17. The van der Waals surface area contributed by atoms with Gasteiger partial charge < -0.3 is 15.2 Å². The Bertz CT molecular complexity index is 562. The van der Waals surface area contributed by atoms with Gasteiger partial charge in [0.25, 0.3) is 0 Å². The van der Waals surface area contributed by atoms with E-state index in [0.717, 1.165) is 29.8 Å². The molecule has 0 spiro atoms. The van der Waals surface area contributed by atoms with Crippen molar-refractivity contribution in [1.82, 2.24) is 20.2 Å². The van der Waals surface area contributed by atoms with Gasteiger partial charge in [0.05, 0.1) is 17.6 Å². The molecule has 1 aromatic carbocycles. The smallest absolute Gasteiger partial charge is 0.233 e. The van der Waals surface area contributed by atoms with E-state index in [4.69, 9.17) is 0 Å². The molecule has 0 fully saturated rings. The molecule has 0 aliphatic heterocycles. The summed E-state index contributed by atoms with van der Waals surface area (Å²) in [5.74, 6) is 1.05. The quantitative estimate of drug-likeness (QED) is 0.764. The van der Waals surface area contributed by atoms with E-state index in [-0.39, 0.29) is 5.91 Å². The van der Waals surface area contributed by atoms with Gasteiger partial charge in [-0.15, -0.1) is 0 Å². The standard InChI is InChI=1S/C14H20N4O/c1-11-17-12-6-3-4-7-13(12)18(11)9-5-8-16-14(19)10-15-2/h3-4,6-7,15H,5,8-10H2,1-2H3,(H,16,19). The Morgan fingerprint density at radius 2 is 2.16 bits per heavy atom. The summed E-state index contributed by atoms with van der Waals surface area (Å²) >= 11 is 0. The summed E-state index contributed by atoms with van der Waals surface area (Å²) in [5.41, 5.74) is 2.18. The number of carbonyl (C=O) groups is 1. The zero-order valence-electron chi connectivity index (χ0n) is 11.4. The Labute approximate surface area is 113 Å². The van der Waals surface area contributed by atoms with E-state index in [0.29, 0.717) is 13.1 Å². The van der Waals surface area contributed by atoms with Crippen LogP contribution in [0.25, 0.3) is 11.0 Å². The van der Waals surface area contributed by atoms with Crippen LogP contribution in [-0.4, -0.2) is 35.6 Å². The molecule has 0 bridgehead atoms. The number of hydrogen-bond donors (Lipinski definition) is 2. The fourth-order valence-electron chi connectivity index (χ4n) is 2.17. The number of carbonyl (C=O) groups excluding carboxylic acids is 1. The first-order valence-corrected chi connectivity index (χ1v) is 6.55. The molecule has 1 amide bonds. The van der Waals surface area contributed by atoms with Crippen molar-refractivity contribution in [3.63, 3.8) is 0 Å². The molecule has 19 heavy (non-hydrogen) atoms. The summed E-state index contributed by atoms with van der Waals surface area (Å²) in [6.07, 6.45) is 0.899. The predicted octanol–water partition coefficient (Wildman–Crippen LogP) is 1.07. The molecule has 102 valence electrons. The third-order valence-corrected chi connectivity index (χ3v) is 3.06. The van der Waals surface area contributed by atoms with E-state index in [9.17, 15) is 4.79 Å². The minimum atomic E-state index is 0.0368. The molecule has 0 saturated carbocycles. The Kier molecular flexibility index (Phi) is 4.52. The molecule has 0 radical (unpaired) electrons. The first-order valence-electron chi connectivity index (χ1n) is 6.55. The molecular formula is C14H20N4O. The number of fused-ring (bicyclic) bond motifs is 1. The summed E-state index contributed by atoms with van der Waals surface area (Å²) in [7, 11) is 1.76. The number of para-hydroxylation sites is 2. The molecule has 2 aromatic rings. The predicted molar refractivity (Wildman–Crippen MR) is 76.0 cm³/mol. The minimum Gasteiger partial charge on any atom is -0.355 e. The molecule has 0 aliphatic carbocycles. The maximum absolute atomic E-state index is 11.3. The van der Waals surface area contributed by atoms with Gasteiger partial charge in [0.1, 0.15) is 5.82 Å². The average Bonchev–Trinajstić information content (AvgIpc) is 2.71. The second-order valence-electron chi connectivity index (χ2n) is 4.53. The molecule has 5 heteroatoms. The van der Waals surface area contributed by atoms with Crippen molar-refractivity contribution < 1.29 is 4.79 Å². The maximum atomic E-state index is 11.3. The lowest BCUT2D eigenvalue weighted by molar-refractivity contribution is -0.120. The van der Waals surface area contributed by atoms with Crippen LogP contribution in [0.3, 0.4) is 0 Å². The zero-order chi connectivity index (χ0) is 13.7. The summed E-state index contributed by atoms with van der Waals surface area (Å²) in [6, 6.07) is 8.12. The highest BCUT2D eigenvalue weighted by atomic mass is 16.1. The van der Waals surface area contributed by atoms with Crippen LogP contribution in [0, 0.1) is 6.92 Å². The van der Waals surface area contributed by atoms with Crippen molar-refractivity contribution in [3.05, 3.63) is 30.1 Å². The highest BCUT2D eigenvalue weighted by Crippen LogP contribution is 2.15. The van der Waals surface area contributed by atoms with Crippen molar-refractivity contribution in [2.75, 3.05) is 20.1 Å². The molecule has 0 saturated heterocycles. The Morgan fingerprint density at radius 3 is 2.95 bits per heavy atom. The average molecular weight is 260 g/mol. The van der Waals surface area contributed by atoms with Gasteiger partial charge >= 0.3 is 0 Å². The van der Waals surface area contributed by atoms with Crippen LogP contribution in [-0.2, 0) is 11.3 Å². The Morgan fingerprint density at radius 1 is 1.37 bits per heavy atom. The zero-order valence-corrected chi connectivity index (χ0v) is 11.4. The van der Waals surface area contributed by atoms with Gasteiger partial charge in [0.2, 0.25) is 5.91 Å². The van der Waals surface area contributed by atoms with Crippen molar-refractivity contribution >= 4 is 16.9 Å². The lowest BCUT2D eigenvalue weighted by atomic mass is 10.3. The van der Waals surface area contributed by atoms with Crippen LogP contribution >= 0.6 is 0 Å². The van der Waals surface area contributed by atoms with Crippen molar-refractivity contribution in [3.8, 4) is 0 Å². The summed E-state index contributed by atoms with van der Waals surface area (Å²) in [5, 5.41) is 5.71. The van der Waals surface area contributed by atoms with Gasteiger partial charge in [-0.2, -0.15) is 0 Å². The van der Waals surface area contributed by atoms with Crippen LogP contribution in [0.5, 0.6) is 0 Å². The highest BCUT2D eigenvalue weighted by molar-refractivity contribution is 5.78. The van der Waals surface area contributed by atoms with E-state index in [1.165, 1.54) is 0 Å². The third-order valence-electron chi connectivity index (χ3n) is 3.06. The summed E-state index contributed by atoms with van der Waals surface area (Å²) in [6.45, 7) is 3.94. The molecular weight excluding hydrogens is 240 g/mol. The molecule has 2 N–H and O–H groups in total. The van der Waals surface area contributed by atoms with Crippen LogP contribution in [0.2, 0.25) is 0 Å². The van der Waals surface area contributed by atoms with Gasteiger partial charge in [-0.3, -0.25) is 4.79 Å². The first kappa shape index (κ1) is 13.5. The minimum absolute atomic E-state index is 0.0368. The number of hydrogen-bond acceptors (Lipinski definition) is 3. The number of benzene rings is 1. The van der Waals surface area contributed by atoms with E-state index in [1.54, 1.807) is 7.05 Å². The largest absolute Gasteiger partial charge is 0.355 e. The van der Waals surface area contributed by atoms with Crippen LogP contribution in [0.1, 0.15) is 12.2 Å². The first-order chi connectivity index (χ1) is 9.22. The monoisotopic (exact) mass is 260 g/mol. The highest BCUT2D eigenvalue weighted by Gasteiger charge is 2.06. The van der Waals surface area contributed by atoms with E-state index in [1.807, 2.05) is 25.1 Å². The van der Waals surface area contributed by atoms with Crippen molar-refractivity contribution in [2.24, 2.45) is 0 Å². The molecule has 1 heterocycles. The maximum Gasteiger partial charge on any atom is 0.233 e. The molecule has 2 rings (SSSR count). The van der Waals surface area contributed by atoms with E-state index in [2.05, 4.69) is 26.3 Å². The number of aryl methyl sites for hydroxylation is 2. The van der Waals surface area contributed by atoms with E-state index >= 15 is 0 Å². The van der Waals surface area contributed by atoms with Gasteiger partial charge in [-0.25, -0.2) is 4.98 Å². The van der Waals surface area contributed by atoms with Gasteiger partial charge in [-0.1, -0.05) is 12.1 Å². The Balaban J connectivity index is 1.91.